The fourth-order valence-corrected chi connectivity index (χ4v) is 0.993. The molecule has 0 saturated heterocycles. The maximum Gasteiger partial charge on any atom is 1.00 e. The second-order valence-electron chi connectivity index (χ2n) is 2.43. The molecule has 1 rings (SSSR count). The topological polar surface area (TPSA) is 0 Å². The van der Waals surface area contributed by atoms with E-state index in [4.69, 9.17) is 0 Å². The minimum atomic E-state index is 0. The molecule has 0 spiro atoms. The van der Waals surface area contributed by atoms with Crippen molar-refractivity contribution in [3.63, 3.8) is 0 Å². The van der Waals surface area contributed by atoms with Crippen LogP contribution in [0.5, 0.6) is 0 Å². The van der Waals surface area contributed by atoms with Crippen molar-refractivity contribution < 1.29 is 29.6 Å². The summed E-state index contributed by atoms with van der Waals surface area (Å²) in [5.41, 5.74) is 2.73. The van der Waals surface area contributed by atoms with Crippen LogP contribution >= 0.6 is 0 Å². The van der Waals surface area contributed by atoms with Gasteiger partial charge in [-0.05, 0) is 0 Å². The zero-order chi connectivity index (χ0) is 7.40. The van der Waals surface area contributed by atoms with E-state index in [0.717, 1.165) is 12.8 Å². The van der Waals surface area contributed by atoms with Crippen LogP contribution in [0.15, 0.2) is 18.2 Å². The van der Waals surface area contributed by atoms with Crippen LogP contribution in [-0.4, -0.2) is 0 Å². The SMILES string of the molecule is CCc1[c-]ccc(CC)c1.[Na+]. The number of rotatable bonds is 2. The average molecular weight is 156 g/mol. The van der Waals surface area contributed by atoms with Gasteiger partial charge < -0.3 is 0 Å². The largest absolute Gasteiger partial charge is 1.00 e. The summed E-state index contributed by atoms with van der Waals surface area (Å²) in [6.07, 6.45) is 2.22. The first-order chi connectivity index (χ1) is 4.86. The van der Waals surface area contributed by atoms with Crippen LogP contribution in [0.4, 0.5) is 0 Å². The van der Waals surface area contributed by atoms with Crippen LogP contribution in [0.25, 0.3) is 0 Å². The Hall–Kier alpha value is 0.220. The summed E-state index contributed by atoms with van der Waals surface area (Å²) in [5.74, 6) is 0. The maximum absolute atomic E-state index is 3.19. The number of benzene rings is 1. The molecule has 0 radical (unpaired) electrons. The molecule has 1 aromatic carbocycles. The molecule has 0 heterocycles. The van der Waals surface area contributed by atoms with Gasteiger partial charge in [0, 0.05) is 0 Å². The van der Waals surface area contributed by atoms with Crippen molar-refractivity contribution in [1.82, 2.24) is 0 Å². The van der Waals surface area contributed by atoms with Gasteiger partial charge in [0.05, 0.1) is 0 Å². The molecule has 1 heteroatoms. The van der Waals surface area contributed by atoms with E-state index in [9.17, 15) is 0 Å². The first-order valence-electron chi connectivity index (χ1n) is 3.86. The zero-order valence-corrected chi connectivity index (χ0v) is 9.65. The standard InChI is InChI=1S/C10H13.Na/c1-3-9-6-5-7-10(4-2)8-9;/h5-6,8H,3-4H2,1-2H3;/q-1;+1. The molecule has 0 unspecified atom stereocenters. The van der Waals surface area contributed by atoms with Crippen LogP contribution in [-0.2, 0) is 12.8 Å². The van der Waals surface area contributed by atoms with E-state index in [0.29, 0.717) is 0 Å². The van der Waals surface area contributed by atoms with Crippen molar-refractivity contribution in [3.8, 4) is 0 Å². The van der Waals surface area contributed by atoms with E-state index in [1.165, 1.54) is 11.1 Å². The molecule has 0 nitrogen and oxygen atoms in total. The summed E-state index contributed by atoms with van der Waals surface area (Å²) in [5, 5.41) is 0. The number of hydrogen-bond acceptors (Lipinski definition) is 0. The molecule has 0 fully saturated rings. The van der Waals surface area contributed by atoms with Crippen molar-refractivity contribution in [2.75, 3.05) is 0 Å². The fraction of sp³-hybridized carbons (Fsp3) is 0.400. The summed E-state index contributed by atoms with van der Waals surface area (Å²) < 4.78 is 0. The monoisotopic (exact) mass is 156 g/mol. The Balaban J connectivity index is 0.000001000. The van der Waals surface area contributed by atoms with Gasteiger partial charge in [0.1, 0.15) is 0 Å². The van der Waals surface area contributed by atoms with Crippen molar-refractivity contribution in [1.29, 1.82) is 0 Å². The third-order valence-electron chi connectivity index (χ3n) is 1.71. The third kappa shape index (κ3) is 3.42. The first kappa shape index (κ1) is 11.2. The second-order valence-corrected chi connectivity index (χ2v) is 2.43. The van der Waals surface area contributed by atoms with Gasteiger partial charge >= 0.3 is 29.6 Å². The molecule has 0 amide bonds. The van der Waals surface area contributed by atoms with Crippen LogP contribution in [0.3, 0.4) is 0 Å². The summed E-state index contributed by atoms with van der Waals surface area (Å²) in [7, 11) is 0. The second kappa shape index (κ2) is 5.82. The van der Waals surface area contributed by atoms with E-state index in [2.05, 4.69) is 32.0 Å². The Kier molecular flexibility index (Phi) is 5.93. The van der Waals surface area contributed by atoms with Gasteiger partial charge in [-0.1, -0.05) is 26.7 Å². The molecule has 0 N–H and O–H groups in total. The Morgan fingerprint density at radius 1 is 1.27 bits per heavy atom. The molecule has 0 aliphatic carbocycles. The molecule has 0 saturated carbocycles. The van der Waals surface area contributed by atoms with E-state index in [1.807, 2.05) is 6.07 Å². The van der Waals surface area contributed by atoms with Gasteiger partial charge in [-0.25, -0.2) is 0 Å². The van der Waals surface area contributed by atoms with Gasteiger partial charge in [0.2, 0.25) is 0 Å². The van der Waals surface area contributed by atoms with Crippen LogP contribution in [0.1, 0.15) is 25.0 Å². The van der Waals surface area contributed by atoms with Gasteiger partial charge in [-0.15, -0.1) is 0 Å². The van der Waals surface area contributed by atoms with E-state index in [1.54, 1.807) is 0 Å². The minimum Gasteiger partial charge on any atom is -0.180 e. The molecule has 0 aliphatic rings. The van der Waals surface area contributed by atoms with Gasteiger partial charge in [-0.3, -0.25) is 0 Å². The van der Waals surface area contributed by atoms with Crippen molar-refractivity contribution >= 4 is 0 Å². The smallest absolute Gasteiger partial charge is 0.180 e. The van der Waals surface area contributed by atoms with Crippen LogP contribution in [0.2, 0.25) is 0 Å². The minimum absolute atomic E-state index is 0. The summed E-state index contributed by atoms with van der Waals surface area (Å²) in [4.78, 5) is 0. The maximum atomic E-state index is 3.19. The molecule has 0 aromatic heterocycles. The normalized spacial score (nSPS) is 8.91. The quantitative estimate of drug-likeness (QED) is 0.404. The Morgan fingerprint density at radius 2 is 2.00 bits per heavy atom. The average Bonchev–Trinajstić information content (AvgIpc) is 2.05. The van der Waals surface area contributed by atoms with Crippen LogP contribution in [0, 0.1) is 6.07 Å². The van der Waals surface area contributed by atoms with Gasteiger partial charge in [0.15, 0.2) is 0 Å². The molecule has 1 aromatic rings. The predicted octanol–water partition coefficient (Wildman–Crippen LogP) is -0.384. The van der Waals surface area contributed by atoms with Gasteiger partial charge in [-0.2, -0.15) is 35.4 Å². The first-order valence-corrected chi connectivity index (χ1v) is 3.86. The molecular formula is C10H13Na. The third-order valence-corrected chi connectivity index (χ3v) is 1.71. The zero-order valence-electron chi connectivity index (χ0n) is 7.65. The summed E-state index contributed by atoms with van der Waals surface area (Å²) in [6, 6.07) is 9.55. The Morgan fingerprint density at radius 3 is 2.55 bits per heavy atom. The molecule has 0 aliphatic heterocycles. The van der Waals surface area contributed by atoms with E-state index < -0.39 is 0 Å². The van der Waals surface area contributed by atoms with Crippen molar-refractivity contribution in [2.24, 2.45) is 0 Å². The number of aryl methyl sites for hydroxylation is 2. The Labute approximate surface area is 91.3 Å². The molecule has 0 atom stereocenters. The van der Waals surface area contributed by atoms with E-state index in [-0.39, 0.29) is 29.6 Å². The molecular weight excluding hydrogens is 143 g/mol. The Bertz CT molecular complexity index is 187. The molecule has 0 bridgehead atoms. The molecule has 54 valence electrons. The fourth-order valence-electron chi connectivity index (χ4n) is 0.993. The summed E-state index contributed by atoms with van der Waals surface area (Å²) >= 11 is 0. The van der Waals surface area contributed by atoms with Crippen molar-refractivity contribution in [3.05, 3.63) is 35.4 Å². The van der Waals surface area contributed by atoms with Crippen LogP contribution < -0.4 is 29.6 Å². The van der Waals surface area contributed by atoms with E-state index >= 15 is 0 Å². The predicted molar refractivity (Wildman–Crippen MR) is 44.0 cm³/mol. The number of hydrogen-bond donors (Lipinski definition) is 0. The van der Waals surface area contributed by atoms with Gasteiger partial charge in [0.25, 0.3) is 0 Å². The molecule has 11 heavy (non-hydrogen) atoms. The summed E-state index contributed by atoms with van der Waals surface area (Å²) in [6.45, 7) is 4.33. The van der Waals surface area contributed by atoms with Crippen molar-refractivity contribution in [2.45, 2.75) is 26.7 Å².